The summed E-state index contributed by atoms with van der Waals surface area (Å²) in [5.41, 5.74) is 7.53. The predicted octanol–water partition coefficient (Wildman–Crippen LogP) is 13.3. The molecule has 0 saturated carbocycles. The summed E-state index contributed by atoms with van der Waals surface area (Å²) in [6, 6.07) is 63.8. The van der Waals surface area contributed by atoms with E-state index in [2.05, 4.69) is 174 Å². The lowest BCUT2D eigenvalue weighted by Gasteiger charge is -2.16. The van der Waals surface area contributed by atoms with Crippen LogP contribution in [0.1, 0.15) is 0 Å². The van der Waals surface area contributed by atoms with Crippen molar-refractivity contribution in [3.05, 3.63) is 182 Å². The highest BCUT2D eigenvalue weighted by molar-refractivity contribution is 6.17. The lowest BCUT2D eigenvalue weighted by atomic mass is 10.0. The average Bonchev–Trinajstić information content (AvgIpc) is 3.80. The molecule has 56 heavy (non-hydrogen) atoms. The second-order valence-corrected chi connectivity index (χ2v) is 14.4. The molecule has 9 aromatic carbocycles. The highest BCUT2D eigenvalue weighted by atomic mass is 16.3. The molecule has 0 fully saturated rings. The van der Waals surface area contributed by atoms with Crippen molar-refractivity contribution in [3.8, 4) is 39.9 Å². The van der Waals surface area contributed by atoms with Crippen LogP contribution in [0, 0.1) is 0 Å². The molecule has 0 bridgehead atoms. The molecule has 5 heteroatoms. The van der Waals surface area contributed by atoms with Gasteiger partial charge in [0, 0.05) is 32.7 Å². The van der Waals surface area contributed by atoms with Gasteiger partial charge in [-0.05, 0) is 68.7 Å². The van der Waals surface area contributed by atoms with Gasteiger partial charge in [-0.1, -0.05) is 146 Å². The zero-order chi connectivity index (χ0) is 36.7. The Balaban J connectivity index is 1.26. The molecule has 260 valence electrons. The van der Waals surface area contributed by atoms with E-state index in [0.29, 0.717) is 17.5 Å². The van der Waals surface area contributed by atoms with Crippen molar-refractivity contribution < 1.29 is 4.42 Å². The second kappa shape index (κ2) is 11.9. The SMILES string of the molecule is c1ccc2cc3c(cc2c1)c1ccccc1n3-c1ccc2oc3ccccc3c2c1-c1nc(-c2cccc3ccccc23)nc(-c2cccc3ccccc23)n1. The maximum absolute atomic E-state index is 6.58. The standard InChI is InChI=1S/C51H30N4O/c1-2-16-34-30-44-41(29-33(34)15-1)37-21-7-9-25-42(37)55(44)43-27-28-46-47(40-22-8-10-26-45(40)56-46)48(43)51-53-49(38-23-11-17-31-13-3-5-19-35(31)38)52-50(54-51)39-24-12-18-32-14-4-6-20-36(32)39/h1-30H. The van der Waals surface area contributed by atoms with E-state index in [1.54, 1.807) is 0 Å². The number of furan rings is 1. The van der Waals surface area contributed by atoms with Crippen molar-refractivity contribution in [3.63, 3.8) is 0 Å². The molecule has 5 nitrogen and oxygen atoms in total. The Morgan fingerprint density at radius 1 is 0.357 bits per heavy atom. The van der Waals surface area contributed by atoms with E-state index in [1.165, 1.54) is 21.5 Å². The van der Waals surface area contributed by atoms with E-state index in [-0.39, 0.29) is 0 Å². The summed E-state index contributed by atoms with van der Waals surface area (Å²) < 4.78 is 8.97. The largest absolute Gasteiger partial charge is 0.456 e. The summed E-state index contributed by atoms with van der Waals surface area (Å²) in [5.74, 6) is 1.79. The summed E-state index contributed by atoms with van der Waals surface area (Å²) in [4.78, 5) is 16.2. The van der Waals surface area contributed by atoms with E-state index < -0.39 is 0 Å². The Morgan fingerprint density at radius 2 is 0.893 bits per heavy atom. The summed E-state index contributed by atoms with van der Waals surface area (Å²) in [7, 11) is 0. The van der Waals surface area contributed by atoms with Gasteiger partial charge in [0.25, 0.3) is 0 Å². The normalized spacial score (nSPS) is 11.9. The third-order valence-corrected chi connectivity index (χ3v) is 11.2. The average molecular weight is 715 g/mol. The Hall–Kier alpha value is -7.63. The van der Waals surface area contributed by atoms with Crippen LogP contribution < -0.4 is 0 Å². The van der Waals surface area contributed by atoms with Crippen LogP contribution in [-0.4, -0.2) is 19.5 Å². The first kappa shape index (κ1) is 30.8. The summed E-state index contributed by atoms with van der Waals surface area (Å²) in [6.45, 7) is 0. The third kappa shape index (κ3) is 4.58. The van der Waals surface area contributed by atoms with Crippen LogP contribution in [0.2, 0.25) is 0 Å². The summed E-state index contributed by atoms with van der Waals surface area (Å²) >= 11 is 0. The van der Waals surface area contributed by atoms with Crippen LogP contribution in [0.5, 0.6) is 0 Å². The molecule has 0 amide bonds. The molecule has 0 spiro atoms. The van der Waals surface area contributed by atoms with E-state index >= 15 is 0 Å². The zero-order valence-corrected chi connectivity index (χ0v) is 30.0. The molecular weight excluding hydrogens is 685 g/mol. The van der Waals surface area contributed by atoms with Gasteiger partial charge in [-0.15, -0.1) is 0 Å². The number of para-hydroxylation sites is 2. The van der Waals surface area contributed by atoms with Gasteiger partial charge in [0.1, 0.15) is 11.2 Å². The first-order chi connectivity index (χ1) is 27.8. The van der Waals surface area contributed by atoms with E-state index in [1.807, 2.05) is 12.1 Å². The minimum Gasteiger partial charge on any atom is -0.456 e. The lowest BCUT2D eigenvalue weighted by Crippen LogP contribution is -2.04. The molecule has 0 aliphatic heterocycles. The maximum atomic E-state index is 6.58. The number of rotatable bonds is 4. The number of fused-ring (bicyclic) bond motifs is 9. The number of hydrogen-bond acceptors (Lipinski definition) is 4. The molecule has 12 aromatic rings. The van der Waals surface area contributed by atoms with Crippen LogP contribution in [0.3, 0.4) is 0 Å². The number of benzene rings is 9. The maximum Gasteiger partial charge on any atom is 0.166 e. The highest BCUT2D eigenvalue weighted by Gasteiger charge is 2.25. The minimum absolute atomic E-state index is 0.574. The van der Waals surface area contributed by atoms with Crippen molar-refractivity contribution in [2.24, 2.45) is 0 Å². The monoisotopic (exact) mass is 714 g/mol. The van der Waals surface area contributed by atoms with E-state index in [4.69, 9.17) is 19.4 Å². The Bertz CT molecular complexity index is 3450. The van der Waals surface area contributed by atoms with E-state index in [9.17, 15) is 0 Å². The fraction of sp³-hybridized carbons (Fsp3) is 0. The molecule has 0 atom stereocenters. The first-order valence-corrected chi connectivity index (χ1v) is 18.9. The fourth-order valence-electron chi connectivity index (χ4n) is 8.70. The van der Waals surface area contributed by atoms with Gasteiger partial charge in [-0.2, -0.15) is 0 Å². The molecule has 12 rings (SSSR count). The molecule has 3 heterocycles. The van der Waals surface area contributed by atoms with Gasteiger partial charge in [0.05, 0.1) is 22.3 Å². The van der Waals surface area contributed by atoms with Crippen molar-refractivity contribution in [2.45, 2.75) is 0 Å². The first-order valence-electron chi connectivity index (χ1n) is 18.9. The van der Waals surface area contributed by atoms with Crippen LogP contribution in [-0.2, 0) is 0 Å². The minimum atomic E-state index is 0.574. The molecule has 0 saturated heterocycles. The molecule has 0 unspecified atom stereocenters. The van der Waals surface area contributed by atoms with Gasteiger partial charge in [0.2, 0.25) is 0 Å². The van der Waals surface area contributed by atoms with Crippen LogP contribution in [0.15, 0.2) is 186 Å². The molecule has 0 radical (unpaired) electrons. The summed E-state index contributed by atoms with van der Waals surface area (Å²) in [5, 5.41) is 11.1. The summed E-state index contributed by atoms with van der Waals surface area (Å²) in [6.07, 6.45) is 0. The van der Waals surface area contributed by atoms with Gasteiger partial charge in [0.15, 0.2) is 17.5 Å². The van der Waals surface area contributed by atoms with Gasteiger partial charge in [-0.3, -0.25) is 0 Å². The second-order valence-electron chi connectivity index (χ2n) is 14.4. The van der Waals surface area contributed by atoms with Gasteiger partial charge < -0.3 is 8.98 Å². The molecular formula is C51H30N4O. The number of aromatic nitrogens is 4. The van der Waals surface area contributed by atoms with Gasteiger partial charge >= 0.3 is 0 Å². The smallest absolute Gasteiger partial charge is 0.166 e. The van der Waals surface area contributed by atoms with Crippen molar-refractivity contribution in [1.82, 2.24) is 19.5 Å². The third-order valence-electron chi connectivity index (χ3n) is 11.2. The zero-order valence-electron chi connectivity index (χ0n) is 30.0. The van der Waals surface area contributed by atoms with Crippen molar-refractivity contribution in [2.75, 3.05) is 0 Å². The van der Waals surface area contributed by atoms with Crippen molar-refractivity contribution >= 4 is 76.1 Å². The predicted molar refractivity (Wildman–Crippen MR) is 230 cm³/mol. The molecule has 0 aliphatic carbocycles. The molecule has 0 aliphatic rings. The molecule has 3 aromatic heterocycles. The Kier molecular flexibility index (Phi) is 6.56. The number of hydrogen-bond donors (Lipinski definition) is 0. The highest BCUT2D eigenvalue weighted by Crippen LogP contribution is 2.44. The Labute approximate surface area is 320 Å². The van der Waals surface area contributed by atoms with Crippen LogP contribution in [0.25, 0.3) is 116 Å². The quantitative estimate of drug-likeness (QED) is 0.182. The molecule has 0 N–H and O–H groups in total. The van der Waals surface area contributed by atoms with Crippen LogP contribution in [0.4, 0.5) is 0 Å². The van der Waals surface area contributed by atoms with E-state index in [0.717, 1.165) is 76.9 Å². The lowest BCUT2D eigenvalue weighted by molar-refractivity contribution is 0.669. The Morgan fingerprint density at radius 3 is 1.59 bits per heavy atom. The topological polar surface area (TPSA) is 56.7 Å². The van der Waals surface area contributed by atoms with Crippen molar-refractivity contribution in [1.29, 1.82) is 0 Å². The van der Waals surface area contributed by atoms with Gasteiger partial charge in [-0.25, -0.2) is 15.0 Å². The number of nitrogens with zero attached hydrogens (tertiary/aromatic N) is 4. The van der Waals surface area contributed by atoms with Crippen LogP contribution >= 0.6 is 0 Å². The fourth-order valence-corrected chi connectivity index (χ4v) is 8.70.